The Labute approximate surface area is 539 Å². The van der Waals surface area contributed by atoms with Crippen molar-refractivity contribution < 1.29 is 28.4 Å². The summed E-state index contributed by atoms with van der Waals surface area (Å²) >= 11 is 0. The highest BCUT2D eigenvalue weighted by atomic mass is 16.5. The second kappa shape index (κ2) is 34.3. The lowest BCUT2D eigenvalue weighted by atomic mass is 9.93. The summed E-state index contributed by atoms with van der Waals surface area (Å²) in [7, 11) is 0. The van der Waals surface area contributed by atoms with E-state index in [-0.39, 0.29) is 0 Å². The van der Waals surface area contributed by atoms with Gasteiger partial charge in [-0.3, -0.25) is 0 Å². The SMILES string of the molecule is CCCCCCOc1c(OCCCCCC)c2ccc3cc2c2cc(ccc12)/C=C\c1ccc2c(OCCCCCC)c(OCCCCCC)c4ccc(cc4c2c1)CCc1ccc2c(OCCCCCC)c(OCCCCCC)c4ccc(cc4c2c1)/C=C\3. The predicted octanol–water partition coefficient (Wildman–Crippen LogP) is 24.8. The summed E-state index contributed by atoms with van der Waals surface area (Å²) < 4.78 is 41.7. The molecule has 0 atom stereocenters. The Morgan fingerprint density at radius 2 is 0.411 bits per heavy atom. The summed E-state index contributed by atoms with van der Waals surface area (Å²) in [4.78, 5) is 0. The fourth-order valence-electron chi connectivity index (χ4n) is 13.2. The van der Waals surface area contributed by atoms with E-state index in [1.807, 2.05) is 0 Å². The standard InChI is InChI=1S/C84H104O6/c1-7-13-19-25-49-85-79-67-43-37-61-31-32-63-39-45-69-75(57-63)77-59-65(41-47-71(77)83(89-53-29-23-17-11-5)81(69)87-51-27-21-15-9-3)35-36-66-42-48-72-78(60-66)76-58-64(40-46-70(76)82(88-52-28-22-16-10-4)84(72)90-54-30-24-18-12-6)34-33-62-38-44-68(74(56-62)73(67)55-61)80(79)86-50-26-20-14-8-2/h31-34,37-48,55-60H,7-30,35-36,49-54H2,1-6H3/b32-31-,34-33-. The van der Waals surface area contributed by atoms with E-state index in [9.17, 15) is 0 Å². The van der Waals surface area contributed by atoms with E-state index in [2.05, 4.69) is 175 Å². The van der Waals surface area contributed by atoms with Gasteiger partial charge in [0.1, 0.15) is 0 Å². The first-order valence-corrected chi connectivity index (χ1v) is 35.7. The Morgan fingerprint density at radius 3 is 0.622 bits per heavy atom. The zero-order valence-corrected chi connectivity index (χ0v) is 55.8. The fraction of sp³-hybridized carbons (Fsp3) is 0.452. The lowest BCUT2D eigenvalue weighted by molar-refractivity contribution is 0.264. The van der Waals surface area contributed by atoms with Crippen LogP contribution in [0.5, 0.6) is 34.5 Å². The third kappa shape index (κ3) is 16.7. The average Bonchev–Trinajstić information content (AvgIpc) is 0.783. The Balaban J connectivity index is 1.18. The molecule has 1 aliphatic rings. The van der Waals surface area contributed by atoms with Crippen LogP contribution in [0.1, 0.15) is 229 Å². The smallest absolute Gasteiger partial charge is 0.169 e. The maximum absolute atomic E-state index is 6.95. The first-order chi connectivity index (χ1) is 44.4. The van der Waals surface area contributed by atoms with Crippen molar-refractivity contribution in [3.63, 3.8) is 0 Å². The van der Waals surface area contributed by atoms with Crippen molar-refractivity contribution in [3.05, 3.63) is 143 Å². The number of hydrogen-bond acceptors (Lipinski definition) is 6. The maximum atomic E-state index is 6.95. The number of aryl methyl sites for hydroxylation is 2. The number of hydrogen-bond donors (Lipinski definition) is 0. The molecule has 476 valence electrons. The van der Waals surface area contributed by atoms with Gasteiger partial charge < -0.3 is 28.4 Å². The van der Waals surface area contributed by atoms with Crippen LogP contribution in [0, 0.1) is 0 Å². The van der Waals surface area contributed by atoms with E-state index in [1.165, 1.54) is 110 Å². The molecular formula is C84H104O6. The molecule has 0 spiro atoms. The summed E-state index contributed by atoms with van der Waals surface area (Å²) in [6, 6.07) is 41.8. The normalized spacial score (nSPS) is 13.1. The van der Waals surface area contributed by atoms with Gasteiger partial charge in [0.05, 0.1) is 39.6 Å². The summed E-state index contributed by atoms with van der Waals surface area (Å²) in [6.45, 7) is 17.5. The van der Waals surface area contributed by atoms with Crippen LogP contribution in [-0.2, 0) is 12.8 Å². The molecule has 10 rings (SSSR count). The molecule has 0 amide bonds. The Kier molecular flexibility index (Phi) is 25.1. The van der Waals surface area contributed by atoms with Gasteiger partial charge in [-0.2, -0.15) is 0 Å². The molecule has 0 unspecified atom stereocenters. The summed E-state index contributed by atoms with van der Waals surface area (Å²) in [5.74, 6) is 5.18. The van der Waals surface area contributed by atoms with Gasteiger partial charge in [0, 0.05) is 32.3 Å². The third-order valence-corrected chi connectivity index (χ3v) is 18.4. The van der Waals surface area contributed by atoms with Crippen LogP contribution in [0.2, 0.25) is 0 Å². The van der Waals surface area contributed by atoms with E-state index in [0.29, 0.717) is 39.6 Å². The van der Waals surface area contributed by atoms with Gasteiger partial charge in [-0.15, -0.1) is 0 Å². The molecule has 0 heterocycles. The van der Waals surface area contributed by atoms with Crippen molar-refractivity contribution >= 4 is 88.9 Å². The number of fused-ring (bicyclic) bond motifs is 6. The van der Waals surface area contributed by atoms with E-state index in [4.69, 9.17) is 28.4 Å². The minimum atomic E-state index is 0.647. The molecule has 0 aromatic heterocycles. The van der Waals surface area contributed by atoms with Crippen LogP contribution in [0.4, 0.5) is 0 Å². The number of benzene rings is 9. The molecule has 6 nitrogen and oxygen atoms in total. The largest absolute Gasteiger partial charge is 0.489 e. The molecule has 0 saturated heterocycles. The minimum absolute atomic E-state index is 0.647. The second-order valence-electron chi connectivity index (χ2n) is 25.6. The molecular weight excluding hydrogens is 1100 g/mol. The van der Waals surface area contributed by atoms with Gasteiger partial charge in [-0.25, -0.2) is 0 Å². The zero-order chi connectivity index (χ0) is 62.3. The molecule has 0 radical (unpaired) electrons. The second-order valence-corrected chi connectivity index (χ2v) is 25.6. The monoisotopic (exact) mass is 1210 g/mol. The quantitative estimate of drug-likeness (QED) is 0.0288. The van der Waals surface area contributed by atoms with Crippen molar-refractivity contribution in [1.29, 1.82) is 0 Å². The molecule has 12 bridgehead atoms. The zero-order valence-electron chi connectivity index (χ0n) is 55.8. The van der Waals surface area contributed by atoms with Crippen molar-refractivity contribution in [3.8, 4) is 34.5 Å². The topological polar surface area (TPSA) is 55.4 Å². The van der Waals surface area contributed by atoms with E-state index in [1.54, 1.807) is 0 Å². The molecule has 90 heavy (non-hydrogen) atoms. The lowest BCUT2D eigenvalue weighted by Crippen LogP contribution is -2.05. The predicted molar refractivity (Wildman–Crippen MR) is 387 cm³/mol. The Morgan fingerprint density at radius 1 is 0.211 bits per heavy atom. The molecule has 0 aliphatic heterocycles. The van der Waals surface area contributed by atoms with E-state index < -0.39 is 0 Å². The Hall–Kier alpha value is -7.18. The molecule has 0 fully saturated rings. The highest BCUT2D eigenvalue weighted by Gasteiger charge is 2.23. The molecule has 9 aromatic rings. The molecule has 6 heteroatoms. The lowest BCUT2D eigenvalue weighted by Gasteiger charge is -2.20. The minimum Gasteiger partial charge on any atom is -0.489 e. The summed E-state index contributed by atoms with van der Waals surface area (Å²) in [5, 5.41) is 13.6. The Bertz CT molecular complexity index is 3600. The van der Waals surface area contributed by atoms with Crippen molar-refractivity contribution in [2.45, 2.75) is 208 Å². The highest BCUT2D eigenvalue weighted by Crippen LogP contribution is 2.49. The molecule has 0 saturated carbocycles. The van der Waals surface area contributed by atoms with Gasteiger partial charge >= 0.3 is 0 Å². The first kappa shape index (κ1) is 65.8. The van der Waals surface area contributed by atoms with Gasteiger partial charge in [0.2, 0.25) is 0 Å². The summed E-state index contributed by atoms with van der Waals surface area (Å²) in [5.41, 5.74) is 7.09. The van der Waals surface area contributed by atoms with Crippen LogP contribution in [0.15, 0.2) is 109 Å². The van der Waals surface area contributed by atoms with Gasteiger partial charge in [0.15, 0.2) is 34.5 Å². The van der Waals surface area contributed by atoms with Gasteiger partial charge in [-0.1, -0.05) is 242 Å². The number of rotatable bonds is 36. The van der Waals surface area contributed by atoms with Crippen LogP contribution in [0.3, 0.4) is 0 Å². The van der Waals surface area contributed by atoms with Crippen LogP contribution in [0.25, 0.3) is 88.9 Å². The van der Waals surface area contributed by atoms with Crippen molar-refractivity contribution in [2.24, 2.45) is 0 Å². The highest BCUT2D eigenvalue weighted by molar-refractivity contribution is 6.17. The number of ether oxygens (including phenoxy) is 6. The number of unbranched alkanes of at least 4 members (excludes halogenated alkanes) is 18. The van der Waals surface area contributed by atoms with Crippen LogP contribution < -0.4 is 28.4 Å². The maximum Gasteiger partial charge on any atom is 0.169 e. The van der Waals surface area contributed by atoms with Crippen LogP contribution in [-0.4, -0.2) is 39.6 Å². The van der Waals surface area contributed by atoms with Crippen molar-refractivity contribution in [1.82, 2.24) is 0 Å². The van der Waals surface area contributed by atoms with E-state index >= 15 is 0 Å². The van der Waals surface area contributed by atoms with Gasteiger partial charge in [-0.05, 0) is 166 Å². The van der Waals surface area contributed by atoms with E-state index in [0.717, 1.165) is 190 Å². The fourth-order valence-corrected chi connectivity index (χ4v) is 13.2. The molecule has 0 N–H and O–H groups in total. The summed E-state index contributed by atoms with van der Waals surface area (Å²) in [6.07, 6.45) is 38.1. The molecule has 9 aromatic carbocycles. The van der Waals surface area contributed by atoms with Gasteiger partial charge in [0.25, 0.3) is 0 Å². The van der Waals surface area contributed by atoms with Crippen molar-refractivity contribution in [2.75, 3.05) is 39.6 Å². The first-order valence-electron chi connectivity index (χ1n) is 35.7. The molecule has 1 aliphatic carbocycles. The van der Waals surface area contributed by atoms with Crippen LogP contribution >= 0.6 is 0 Å². The third-order valence-electron chi connectivity index (χ3n) is 18.4. The average molecular weight is 1210 g/mol.